The Hall–Kier alpha value is -1.85. The predicted molar refractivity (Wildman–Crippen MR) is 113 cm³/mol. The molecule has 0 atom stereocenters. The number of piperazine rings is 1. The molecule has 0 unspecified atom stereocenters. The number of nitrogens with zero attached hydrogens (tertiary/aromatic N) is 4. The van der Waals surface area contributed by atoms with E-state index < -0.39 is 0 Å². The van der Waals surface area contributed by atoms with E-state index in [0.717, 1.165) is 44.2 Å². The number of fused-ring (bicyclic) bond motifs is 2. The number of thiophene rings is 1. The lowest BCUT2D eigenvalue weighted by Gasteiger charge is -2.34. The highest BCUT2D eigenvalue weighted by Gasteiger charge is 2.29. The first-order valence-corrected chi connectivity index (χ1v) is 10.3. The van der Waals surface area contributed by atoms with E-state index in [9.17, 15) is 0 Å². The molecule has 1 saturated heterocycles. The zero-order valence-corrected chi connectivity index (χ0v) is 17.0. The van der Waals surface area contributed by atoms with Crippen molar-refractivity contribution in [2.24, 2.45) is 10.9 Å². The monoisotopic (exact) mass is 368 g/mol. The van der Waals surface area contributed by atoms with Crippen LogP contribution in [0.2, 0.25) is 0 Å². The number of aliphatic imine (C=N–C) groups is 1. The maximum absolute atomic E-state index is 5.19. The van der Waals surface area contributed by atoms with Crippen molar-refractivity contribution in [2.75, 3.05) is 44.7 Å². The fraction of sp³-hybridized carbons (Fsp3) is 0.476. The van der Waals surface area contributed by atoms with Crippen molar-refractivity contribution in [3.8, 4) is 0 Å². The Morgan fingerprint density at radius 1 is 1.12 bits per heavy atom. The Morgan fingerprint density at radius 3 is 2.58 bits per heavy atom. The maximum atomic E-state index is 5.19. The van der Waals surface area contributed by atoms with Crippen molar-refractivity contribution in [3.05, 3.63) is 40.8 Å². The lowest BCUT2D eigenvalue weighted by atomic mass is 10.1. The van der Waals surface area contributed by atoms with E-state index in [1.807, 2.05) is 11.3 Å². The first-order valence-electron chi connectivity index (χ1n) is 9.52. The Balaban J connectivity index is 1.85. The van der Waals surface area contributed by atoms with Gasteiger partial charge in [0.05, 0.1) is 16.9 Å². The van der Waals surface area contributed by atoms with Crippen LogP contribution in [0, 0.1) is 12.8 Å². The van der Waals surface area contributed by atoms with E-state index >= 15 is 0 Å². The molecule has 0 radical (unpaired) electrons. The zero-order chi connectivity index (χ0) is 18.3. The molecule has 4 rings (SSSR count). The molecule has 4 nitrogen and oxygen atoms in total. The first kappa shape index (κ1) is 17.6. The van der Waals surface area contributed by atoms with Crippen molar-refractivity contribution in [3.63, 3.8) is 0 Å². The summed E-state index contributed by atoms with van der Waals surface area (Å²) in [5, 5.41) is 1.35. The van der Waals surface area contributed by atoms with E-state index in [1.54, 1.807) is 0 Å². The van der Waals surface area contributed by atoms with Gasteiger partial charge in [0.1, 0.15) is 10.8 Å². The summed E-state index contributed by atoms with van der Waals surface area (Å²) in [5.74, 6) is 1.74. The van der Waals surface area contributed by atoms with Crippen molar-refractivity contribution in [1.82, 2.24) is 9.80 Å². The average Bonchev–Trinajstić information content (AvgIpc) is 2.95. The van der Waals surface area contributed by atoms with Gasteiger partial charge >= 0.3 is 0 Å². The van der Waals surface area contributed by atoms with Crippen molar-refractivity contribution >= 4 is 33.5 Å². The van der Waals surface area contributed by atoms with Crippen LogP contribution in [-0.4, -0.2) is 55.4 Å². The van der Waals surface area contributed by atoms with Crippen LogP contribution >= 0.6 is 11.3 Å². The molecule has 0 amide bonds. The normalized spacial score (nSPS) is 17.8. The minimum absolute atomic E-state index is 0.587. The van der Waals surface area contributed by atoms with E-state index in [0.29, 0.717) is 5.92 Å². The molecule has 0 bridgehead atoms. The number of aryl methyl sites for hydroxylation is 1. The molecule has 5 heteroatoms. The molecular weight excluding hydrogens is 340 g/mol. The number of rotatable bonds is 2. The predicted octanol–water partition coefficient (Wildman–Crippen LogP) is 4.49. The van der Waals surface area contributed by atoms with Crippen LogP contribution in [0.4, 0.5) is 16.4 Å². The van der Waals surface area contributed by atoms with Gasteiger partial charge in [-0.3, -0.25) is 0 Å². The summed E-state index contributed by atoms with van der Waals surface area (Å²) in [7, 11) is 2.20. The molecule has 0 spiro atoms. The molecule has 1 fully saturated rings. The summed E-state index contributed by atoms with van der Waals surface area (Å²) in [4.78, 5) is 13.9. The largest absolute Gasteiger partial charge is 0.353 e. The number of hydrogen-bond donors (Lipinski definition) is 0. The molecule has 2 aliphatic rings. The van der Waals surface area contributed by atoms with Gasteiger partial charge in [-0.2, -0.15) is 0 Å². The molecule has 1 aromatic heterocycles. The quantitative estimate of drug-likeness (QED) is 0.780. The lowest BCUT2D eigenvalue weighted by Crippen LogP contribution is -2.47. The summed E-state index contributed by atoms with van der Waals surface area (Å²) in [5.41, 5.74) is 3.62. The Morgan fingerprint density at radius 2 is 1.85 bits per heavy atom. The number of benzene rings is 1. The van der Waals surface area contributed by atoms with E-state index in [2.05, 4.69) is 72.9 Å². The van der Waals surface area contributed by atoms with Crippen LogP contribution in [0.5, 0.6) is 0 Å². The summed E-state index contributed by atoms with van der Waals surface area (Å²) in [6, 6.07) is 10.9. The number of para-hydroxylation sites is 2. The standard InChI is InChI=1S/C21H28N4S/c1-15(2)14-25-19-8-6-5-7-18(19)22-20(17-13-16(3)26-21(17)25)24-11-9-23(4)10-12-24/h5-8,13,15H,9-12,14H2,1-4H3. The molecule has 3 heterocycles. The van der Waals surface area contributed by atoms with Gasteiger partial charge in [0.15, 0.2) is 0 Å². The molecular formula is C21H28N4S. The molecule has 26 heavy (non-hydrogen) atoms. The smallest absolute Gasteiger partial charge is 0.139 e. The summed E-state index contributed by atoms with van der Waals surface area (Å²) in [6.07, 6.45) is 0. The van der Waals surface area contributed by atoms with Gasteiger partial charge in [-0.05, 0) is 38.1 Å². The fourth-order valence-corrected chi connectivity index (χ4v) is 4.76. The second-order valence-corrected chi connectivity index (χ2v) is 9.03. The fourth-order valence-electron chi connectivity index (χ4n) is 3.74. The second kappa shape index (κ2) is 7.05. The van der Waals surface area contributed by atoms with Gasteiger partial charge in [-0.15, -0.1) is 11.3 Å². The van der Waals surface area contributed by atoms with Crippen LogP contribution in [-0.2, 0) is 0 Å². The zero-order valence-electron chi connectivity index (χ0n) is 16.2. The van der Waals surface area contributed by atoms with Crippen molar-refractivity contribution in [2.45, 2.75) is 20.8 Å². The van der Waals surface area contributed by atoms with Crippen LogP contribution in [0.3, 0.4) is 0 Å². The highest BCUT2D eigenvalue weighted by molar-refractivity contribution is 7.16. The first-order chi connectivity index (χ1) is 12.5. The SMILES string of the molecule is Cc1cc2c(s1)N(CC(C)C)c1ccccc1N=C2N1CCN(C)CC1. The van der Waals surface area contributed by atoms with E-state index in [1.165, 1.54) is 21.1 Å². The minimum atomic E-state index is 0.587. The maximum Gasteiger partial charge on any atom is 0.139 e. The third-order valence-corrected chi connectivity index (χ3v) is 6.14. The number of amidine groups is 1. The molecule has 2 aromatic rings. The van der Waals surface area contributed by atoms with Crippen LogP contribution in [0.1, 0.15) is 24.3 Å². The Labute approximate surface area is 160 Å². The van der Waals surface area contributed by atoms with Crippen LogP contribution < -0.4 is 4.90 Å². The van der Waals surface area contributed by atoms with Crippen molar-refractivity contribution in [1.29, 1.82) is 0 Å². The van der Waals surface area contributed by atoms with Gasteiger partial charge in [0.2, 0.25) is 0 Å². The van der Waals surface area contributed by atoms with Gasteiger partial charge in [0.25, 0.3) is 0 Å². The molecule has 0 aliphatic carbocycles. The molecule has 138 valence electrons. The third kappa shape index (κ3) is 3.26. The highest BCUT2D eigenvalue weighted by Crippen LogP contribution is 2.44. The van der Waals surface area contributed by atoms with E-state index in [4.69, 9.17) is 4.99 Å². The number of anilines is 2. The lowest BCUT2D eigenvalue weighted by molar-refractivity contribution is 0.216. The molecule has 1 aromatic carbocycles. The summed E-state index contributed by atoms with van der Waals surface area (Å²) in [6.45, 7) is 12.1. The topological polar surface area (TPSA) is 22.1 Å². The van der Waals surface area contributed by atoms with Crippen molar-refractivity contribution < 1.29 is 0 Å². The summed E-state index contributed by atoms with van der Waals surface area (Å²) >= 11 is 1.89. The molecule has 0 N–H and O–H groups in total. The number of hydrogen-bond acceptors (Lipinski definition) is 5. The Bertz CT molecular complexity index is 815. The van der Waals surface area contributed by atoms with Crippen LogP contribution in [0.15, 0.2) is 35.3 Å². The molecule has 0 saturated carbocycles. The Kier molecular flexibility index (Phi) is 4.76. The van der Waals surface area contributed by atoms with E-state index in [-0.39, 0.29) is 0 Å². The third-order valence-electron chi connectivity index (χ3n) is 5.07. The average molecular weight is 369 g/mol. The number of likely N-dealkylation sites (N-methyl/N-ethyl adjacent to an activating group) is 1. The second-order valence-electron chi connectivity index (χ2n) is 7.79. The highest BCUT2D eigenvalue weighted by atomic mass is 32.1. The minimum Gasteiger partial charge on any atom is -0.353 e. The van der Waals surface area contributed by atoms with Crippen LogP contribution in [0.25, 0.3) is 0 Å². The van der Waals surface area contributed by atoms with Gasteiger partial charge in [-0.25, -0.2) is 4.99 Å². The van der Waals surface area contributed by atoms with Gasteiger partial charge in [0, 0.05) is 37.6 Å². The van der Waals surface area contributed by atoms with Gasteiger partial charge < -0.3 is 14.7 Å². The summed E-state index contributed by atoms with van der Waals surface area (Å²) < 4.78 is 0. The molecule has 2 aliphatic heterocycles. The van der Waals surface area contributed by atoms with Gasteiger partial charge in [-0.1, -0.05) is 26.0 Å².